The van der Waals surface area contributed by atoms with Crippen LogP contribution in [0, 0.1) is 11.3 Å². The van der Waals surface area contributed by atoms with E-state index in [1.165, 1.54) is 33.0 Å². The second-order valence-electron chi connectivity index (χ2n) is 5.60. The lowest BCUT2D eigenvalue weighted by atomic mass is 10.1. The molecule has 0 atom stereocenters. The number of nitrogens with zero attached hydrogens (tertiary/aromatic N) is 1. The number of benzene rings is 2. The van der Waals surface area contributed by atoms with Crippen LogP contribution in [0.5, 0.6) is 17.2 Å². The quantitative estimate of drug-likeness (QED) is 0.595. The number of nitriles is 1. The number of carbonyl (C=O) groups is 1. The highest BCUT2D eigenvalue weighted by Gasteiger charge is 2.17. The van der Waals surface area contributed by atoms with E-state index in [0.717, 1.165) is 6.42 Å². The van der Waals surface area contributed by atoms with Gasteiger partial charge in [-0.3, -0.25) is 4.79 Å². The normalized spacial score (nSPS) is 10.7. The average Bonchev–Trinajstić information content (AvgIpc) is 2.71. The SMILES string of the molecule is CCc1ccc(NC(=O)/C(C#N)=C/c2ccc(OC)c(OC)c2OC)cc1. The van der Waals surface area contributed by atoms with Crippen LogP contribution in [0.25, 0.3) is 6.08 Å². The molecule has 0 bridgehead atoms. The van der Waals surface area contributed by atoms with E-state index in [0.29, 0.717) is 28.5 Å². The molecule has 0 unspecified atom stereocenters. The molecular formula is C21H22N2O4. The number of rotatable bonds is 7. The van der Waals surface area contributed by atoms with Crippen molar-refractivity contribution in [1.29, 1.82) is 5.26 Å². The maximum Gasteiger partial charge on any atom is 0.266 e. The van der Waals surface area contributed by atoms with Gasteiger partial charge in [-0.25, -0.2) is 0 Å². The minimum absolute atomic E-state index is 0.0555. The Morgan fingerprint density at radius 3 is 2.22 bits per heavy atom. The first-order valence-electron chi connectivity index (χ1n) is 8.38. The van der Waals surface area contributed by atoms with Crippen LogP contribution in [0.15, 0.2) is 42.0 Å². The molecule has 140 valence electrons. The Bertz CT molecular complexity index is 880. The number of amides is 1. The summed E-state index contributed by atoms with van der Waals surface area (Å²) in [5.74, 6) is 0.760. The highest BCUT2D eigenvalue weighted by molar-refractivity contribution is 6.09. The molecule has 27 heavy (non-hydrogen) atoms. The van der Waals surface area contributed by atoms with Crippen molar-refractivity contribution in [2.45, 2.75) is 13.3 Å². The summed E-state index contributed by atoms with van der Waals surface area (Å²) < 4.78 is 16.0. The van der Waals surface area contributed by atoms with E-state index in [4.69, 9.17) is 14.2 Å². The topological polar surface area (TPSA) is 80.6 Å². The van der Waals surface area contributed by atoms with E-state index in [9.17, 15) is 10.1 Å². The van der Waals surface area contributed by atoms with Crippen LogP contribution < -0.4 is 19.5 Å². The first-order valence-corrected chi connectivity index (χ1v) is 8.38. The highest BCUT2D eigenvalue weighted by atomic mass is 16.5. The zero-order valence-corrected chi connectivity index (χ0v) is 15.8. The Kier molecular flexibility index (Phi) is 6.84. The van der Waals surface area contributed by atoms with Crippen LogP contribution in [-0.2, 0) is 11.2 Å². The van der Waals surface area contributed by atoms with E-state index >= 15 is 0 Å². The molecule has 0 spiro atoms. The lowest BCUT2D eigenvalue weighted by Crippen LogP contribution is -2.13. The zero-order valence-electron chi connectivity index (χ0n) is 15.8. The Hall–Kier alpha value is -3.46. The molecule has 0 heterocycles. The summed E-state index contributed by atoms with van der Waals surface area (Å²) in [5.41, 5.74) is 2.26. The first-order chi connectivity index (χ1) is 13.1. The van der Waals surface area contributed by atoms with E-state index in [1.54, 1.807) is 12.1 Å². The van der Waals surface area contributed by atoms with Crippen molar-refractivity contribution in [1.82, 2.24) is 0 Å². The minimum Gasteiger partial charge on any atom is -0.493 e. The number of anilines is 1. The fourth-order valence-corrected chi connectivity index (χ4v) is 2.56. The molecule has 1 N–H and O–H groups in total. The summed E-state index contributed by atoms with van der Waals surface area (Å²) in [4.78, 5) is 12.5. The number of aryl methyl sites for hydroxylation is 1. The number of ether oxygens (including phenoxy) is 3. The summed E-state index contributed by atoms with van der Waals surface area (Å²) in [6.45, 7) is 2.06. The molecule has 0 aliphatic rings. The van der Waals surface area contributed by atoms with Gasteiger partial charge in [0.15, 0.2) is 11.5 Å². The third-order valence-corrected chi connectivity index (χ3v) is 4.02. The van der Waals surface area contributed by atoms with Gasteiger partial charge < -0.3 is 19.5 Å². The molecule has 2 rings (SSSR count). The summed E-state index contributed by atoms with van der Waals surface area (Å²) in [6, 6.07) is 12.8. The second-order valence-corrected chi connectivity index (χ2v) is 5.60. The van der Waals surface area contributed by atoms with Crippen LogP contribution in [-0.4, -0.2) is 27.2 Å². The summed E-state index contributed by atoms with van der Waals surface area (Å²) in [7, 11) is 4.49. The van der Waals surface area contributed by atoms with Gasteiger partial charge in [0.2, 0.25) is 5.75 Å². The molecular weight excluding hydrogens is 344 g/mol. The van der Waals surface area contributed by atoms with Gasteiger partial charge in [0.25, 0.3) is 5.91 Å². The average molecular weight is 366 g/mol. The van der Waals surface area contributed by atoms with Crippen LogP contribution in [0.1, 0.15) is 18.1 Å². The van der Waals surface area contributed by atoms with Crippen molar-refractivity contribution >= 4 is 17.7 Å². The summed E-state index contributed by atoms with van der Waals surface area (Å²) in [5, 5.41) is 12.2. The molecule has 0 fully saturated rings. The number of hydrogen-bond donors (Lipinski definition) is 1. The van der Waals surface area contributed by atoms with Gasteiger partial charge in [-0.15, -0.1) is 0 Å². The van der Waals surface area contributed by atoms with Gasteiger partial charge in [-0.05, 0) is 42.3 Å². The van der Waals surface area contributed by atoms with Crippen LogP contribution in [0.3, 0.4) is 0 Å². The Morgan fingerprint density at radius 1 is 1.04 bits per heavy atom. The molecule has 0 saturated carbocycles. The highest BCUT2D eigenvalue weighted by Crippen LogP contribution is 2.40. The fraction of sp³-hybridized carbons (Fsp3) is 0.238. The number of hydrogen-bond acceptors (Lipinski definition) is 5. The van der Waals surface area contributed by atoms with Gasteiger partial charge in [-0.2, -0.15) is 5.26 Å². The Balaban J connectivity index is 2.34. The molecule has 6 heteroatoms. The van der Waals surface area contributed by atoms with Gasteiger partial charge in [0, 0.05) is 11.3 Å². The smallest absolute Gasteiger partial charge is 0.266 e. The minimum atomic E-state index is -0.501. The molecule has 0 radical (unpaired) electrons. The van der Waals surface area contributed by atoms with Crippen LogP contribution in [0.4, 0.5) is 5.69 Å². The van der Waals surface area contributed by atoms with Crippen molar-refractivity contribution < 1.29 is 19.0 Å². The van der Waals surface area contributed by atoms with E-state index in [1.807, 2.05) is 30.3 Å². The number of methoxy groups -OCH3 is 3. The molecule has 2 aromatic rings. The zero-order chi connectivity index (χ0) is 19.8. The van der Waals surface area contributed by atoms with Gasteiger partial charge >= 0.3 is 0 Å². The van der Waals surface area contributed by atoms with Crippen molar-refractivity contribution in [2.75, 3.05) is 26.6 Å². The monoisotopic (exact) mass is 366 g/mol. The Labute approximate surface area is 159 Å². The third-order valence-electron chi connectivity index (χ3n) is 4.02. The molecule has 1 amide bonds. The van der Waals surface area contributed by atoms with Gasteiger partial charge in [0.1, 0.15) is 11.6 Å². The first kappa shape index (κ1) is 19.9. The molecule has 0 aliphatic heterocycles. The van der Waals surface area contributed by atoms with E-state index in [-0.39, 0.29) is 5.57 Å². The predicted octanol–water partition coefficient (Wildman–Crippen LogP) is 3.82. The van der Waals surface area contributed by atoms with Crippen molar-refractivity contribution in [3.05, 3.63) is 53.1 Å². The van der Waals surface area contributed by atoms with Gasteiger partial charge in [-0.1, -0.05) is 19.1 Å². The van der Waals surface area contributed by atoms with Crippen LogP contribution >= 0.6 is 0 Å². The molecule has 0 aliphatic carbocycles. The van der Waals surface area contributed by atoms with Crippen molar-refractivity contribution in [3.63, 3.8) is 0 Å². The molecule has 0 aromatic heterocycles. The fourth-order valence-electron chi connectivity index (χ4n) is 2.56. The largest absolute Gasteiger partial charge is 0.493 e. The van der Waals surface area contributed by atoms with Crippen LogP contribution in [0.2, 0.25) is 0 Å². The molecule has 6 nitrogen and oxygen atoms in total. The lowest BCUT2D eigenvalue weighted by Gasteiger charge is -2.14. The lowest BCUT2D eigenvalue weighted by molar-refractivity contribution is -0.112. The number of nitrogens with one attached hydrogen (secondary N) is 1. The van der Waals surface area contributed by atoms with Gasteiger partial charge in [0.05, 0.1) is 21.3 Å². The molecule has 0 saturated heterocycles. The van der Waals surface area contributed by atoms with E-state index < -0.39 is 5.91 Å². The molecule has 2 aromatic carbocycles. The summed E-state index contributed by atoms with van der Waals surface area (Å²) in [6.07, 6.45) is 2.37. The van der Waals surface area contributed by atoms with Crippen molar-refractivity contribution in [3.8, 4) is 23.3 Å². The maximum absolute atomic E-state index is 12.5. The van der Waals surface area contributed by atoms with Crippen molar-refractivity contribution in [2.24, 2.45) is 0 Å². The number of carbonyl (C=O) groups excluding carboxylic acids is 1. The maximum atomic E-state index is 12.5. The Morgan fingerprint density at radius 2 is 1.70 bits per heavy atom. The second kappa shape index (κ2) is 9.30. The summed E-state index contributed by atoms with van der Waals surface area (Å²) >= 11 is 0. The predicted molar refractivity (Wildman–Crippen MR) is 104 cm³/mol. The van der Waals surface area contributed by atoms with E-state index in [2.05, 4.69) is 12.2 Å². The third kappa shape index (κ3) is 4.59. The standard InChI is InChI=1S/C21H22N2O4/c1-5-14-6-9-17(10-7-14)23-21(24)16(13-22)12-15-8-11-18(25-2)20(27-4)19(15)26-3/h6-12H,5H2,1-4H3,(H,23,24)/b16-12+.